The summed E-state index contributed by atoms with van der Waals surface area (Å²) in [4.78, 5) is 0. The summed E-state index contributed by atoms with van der Waals surface area (Å²) in [6.45, 7) is 1.13. The van der Waals surface area contributed by atoms with E-state index in [1.165, 1.54) is 6.07 Å². The van der Waals surface area contributed by atoms with Gasteiger partial charge in [0.2, 0.25) is 0 Å². The molecule has 0 aliphatic carbocycles. The first kappa shape index (κ1) is 27.5. The lowest BCUT2D eigenvalue weighted by Crippen LogP contribution is -2.47. The van der Waals surface area contributed by atoms with Crippen LogP contribution in [0.15, 0.2) is 36.4 Å². The Hall–Kier alpha value is -1.51. The van der Waals surface area contributed by atoms with Crippen molar-refractivity contribution >= 4 is 24.0 Å². The van der Waals surface area contributed by atoms with E-state index in [2.05, 4.69) is 0 Å². The van der Waals surface area contributed by atoms with E-state index in [4.69, 9.17) is 22.1 Å². The zero-order valence-electron chi connectivity index (χ0n) is 17.2. The second-order valence-corrected chi connectivity index (χ2v) is 7.89. The number of aliphatic hydroxyl groups excluding tert-OH is 2. The molecule has 174 valence electrons. The van der Waals surface area contributed by atoms with Crippen LogP contribution in [0.25, 0.3) is 0 Å². The number of aliphatic hydroxyl groups is 2. The van der Waals surface area contributed by atoms with Gasteiger partial charge in [0.15, 0.2) is 0 Å². The highest BCUT2D eigenvalue weighted by atomic mass is 35.5. The van der Waals surface area contributed by atoms with Gasteiger partial charge in [-0.05, 0) is 67.5 Å². The average Bonchev–Trinajstić information content (AvgIpc) is 2.72. The maximum absolute atomic E-state index is 13.5. The Morgan fingerprint density at radius 2 is 1.74 bits per heavy atom. The Kier molecular flexibility index (Phi) is 10.6. The zero-order chi connectivity index (χ0) is 22.4. The lowest BCUT2D eigenvalue weighted by Gasteiger charge is -2.24. The normalized spacial score (nSPS) is 11.9. The lowest BCUT2D eigenvalue weighted by molar-refractivity contribution is -0.139. The molecule has 0 bridgehead atoms. The highest BCUT2D eigenvalue weighted by molar-refractivity contribution is 6.31. The summed E-state index contributed by atoms with van der Waals surface area (Å²) < 4.78 is 46.0. The molecule has 2 aromatic carbocycles. The van der Waals surface area contributed by atoms with Gasteiger partial charge in [0, 0.05) is 5.02 Å². The maximum Gasteiger partial charge on any atom is 0.419 e. The van der Waals surface area contributed by atoms with Crippen LogP contribution in [0, 0.1) is 6.92 Å². The van der Waals surface area contributed by atoms with Crippen molar-refractivity contribution in [3.8, 4) is 5.75 Å². The minimum absolute atomic E-state index is 0. The van der Waals surface area contributed by atoms with E-state index in [0.29, 0.717) is 23.4 Å². The summed E-state index contributed by atoms with van der Waals surface area (Å²) in [6.07, 6.45) is -3.04. The van der Waals surface area contributed by atoms with Gasteiger partial charge in [-0.25, -0.2) is 0 Å². The van der Waals surface area contributed by atoms with Crippen molar-refractivity contribution in [1.82, 2.24) is 0 Å². The molecule has 0 unspecified atom stereocenters. The Morgan fingerprint density at radius 3 is 2.35 bits per heavy atom. The van der Waals surface area contributed by atoms with Gasteiger partial charge in [-0.2, -0.15) is 13.2 Å². The minimum atomic E-state index is -4.57. The van der Waals surface area contributed by atoms with E-state index in [1.54, 1.807) is 12.1 Å². The van der Waals surface area contributed by atoms with E-state index in [9.17, 15) is 23.4 Å². The second-order valence-electron chi connectivity index (χ2n) is 7.48. The van der Waals surface area contributed by atoms with E-state index in [-0.39, 0.29) is 37.6 Å². The summed E-state index contributed by atoms with van der Waals surface area (Å²) >= 11 is 6.09. The highest BCUT2D eigenvalue weighted by Gasteiger charge is 2.35. The van der Waals surface area contributed by atoms with Crippen LogP contribution in [0.3, 0.4) is 0 Å². The minimum Gasteiger partial charge on any atom is -0.493 e. The molecule has 31 heavy (non-hydrogen) atoms. The number of benzene rings is 2. The highest BCUT2D eigenvalue weighted by Crippen LogP contribution is 2.37. The number of hydrogen-bond donors (Lipinski definition) is 3. The molecule has 0 aliphatic rings. The molecular formula is C22H28Cl2F3NO3. The molecule has 0 saturated heterocycles. The summed E-state index contributed by atoms with van der Waals surface area (Å²) in [5.41, 5.74) is 6.11. The molecule has 0 heterocycles. The first-order valence-corrected chi connectivity index (χ1v) is 10.0. The number of ether oxygens (including phenoxy) is 1. The molecule has 0 spiro atoms. The van der Waals surface area contributed by atoms with Crippen molar-refractivity contribution in [1.29, 1.82) is 0 Å². The van der Waals surface area contributed by atoms with Gasteiger partial charge >= 0.3 is 6.18 Å². The SMILES string of the molecule is Cc1c(Cl)cccc1CCCOc1ccc(CCC(N)(CO)CO)cc1C(F)(F)F.Cl. The molecule has 0 aliphatic heterocycles. The number of halogens is 5. The van der Waals surface area contributed by atoms with Crippen LogP contribution in [-0.4, -0.2) is 35.6 Å². The molecule has 9 heteroatoms. The predicted octanol–water partition coefficient (Wildman–Crippen LogP) is 4.72. The first-order valence-electron chi connectivity index (χ1n) is 9.67. The lowest BCUT2D eigenvalue weighted by atomic mass is 9.93. The van der Waals surface area contributed by atoms with Crippen LogP contribution in [0.5, 0.6) is 5.75 Å². The Labute approximate surface area is 191 Å². The summed E-state index contributed by atoms with van der Waals surface area (Å²) in [5.74, 6) is -0.225. The number of hydrogen-bond acceptors (Lipinski definition) is 4. The molecule has 0 atom stereocenters. The van der Waals surface area contributed by atoms with Gasteiger partial charge in [0.1, 0.15) is 5.75 Å². The molecule has 4 N–H and O–H groups in total. The van der Waals surface area contributed by atoms with Crippen LogP contribution in [0.4, 0.5) is 13.2 Å². The van der Waals surface area contributed by atoms with Crippen molar-refractivity contribution in [3.05, 3.63) is 63.7 Å². The van der Waals surface area contributed by atoms with Crippen LogP contribution in [0.1, 0.15) is 35.1 Å². The molecule has 0 fully saturated rings. The number of nitrogens with two attached hydrogens (primary N) is 1. The smallest absolute Gasteiger partial charge is 0.419 e. The monoisotopic (exact) mass is 481 g/mol. The molecular weight excluding hydrogens is 454 g/mol. The van der Waals surface area contributed by atoms with Crippen LogP contribution in [-0.2, 0) is 19.0 Å². The predicted molar refractivity (Wildman–Crippen MR) is 118 cm³/mol. The van der Waals surface area contributed by atoms with E-state index >= 15 is 0 Å². The van der Waals surface area contributed by atoms with E-state index in [0.717, 1.165) is 17.2 Å². The topological polar surface area (TPSA) is 75.7 Å². The fourth-order valence-electron chi connectivity index (χ4n) is 3.05. The Morgan fingerprint density at radius 1 is 1.06 bits per heavy atom. The molecule has 0 saturated carbocycles. The summed E-state index contributed by atoms with van der Waals surface area (Å²) in [6, 6.07) is 9.46. The number of alkyl halides is 3. The van der Waals surface area contributed by atoms with Crippen LogP contribution in [0.2, 0.25) is 5.02 Å². The zero-order valence-corrected chi connectivity index (χ0v) is 18.8. The van der Waals surface area contributed by atoms with Gasteiger partial charge in [-0.3, -0.25) is 0 Å². The number of aryl methyl sites for hydroxylation is 2. The first-order chi connectivity index (χ1) is 14.1. The summed E-state index contributed by atoms with van der Waals surface area (Å²) in [7, 11) is 0. The van der Waals surface area contributed by atoms with Crippen molar-refractivity contribution < 1.29 is 28.1 Å². The molecule has 2 aromatic rings. The molecule has 0 aromatic heterocycles. The van der Waals surface area contributed by atoms with E-state index < -0.39 is 30.5 Å². The van der Waals surface area contributed by atoms with Gasteiger partial charge < -0.3 is 20.7 Å². The van der Waals surface area contributed by atoms with Gasteiger partial charge in [0.05, 0.1) is 30.9 Å². The van der Waals surface area contributed by atoms with Crippen molar-refractivity contribution in [2.24, 2.45) is 5.73 Å². The molecule has 0 amide bonds. The fraction of sp³-hybridized carbons (Fsp3) is 0.455. The van der Waals surface area contributed by atoms with Crippen molar-refractivity contribution in [3.63, 3.8) is 0 Å². The summed E-state index contributed by atoms with van der Waals surface area (Å²) in [5, 5.41) is 19.1. The number of rotatable bonds is 10. The third kappa shape index (κ3) is 7.84. The Balaban J connectivity index is 0.00000480. The Bertz CT molecular complexity index is 843. The van der Waals surface area contributed by atoms with E-state index in [1.807, 2.05) is 19.1 Å². The van der Waals surface area contributed by atoms with Gasteiger partial charge in [-0.15, -0.1) is 12.4 Å². The van der Waals surface area contributed by atoms with Gasteiger partial charge in [-0.1, -0.05) is 29.8 Å². The third-order valence-electron chi connectivity index (χ3n) is 5.12. The van der Waals surface area contributed by atoms with Crippen LogP contribution >= 0.6 is 24.0 Å². The van der Waals surface area contributed by atoms with Gasteiger partial charge in [0.25, 0.3) is 0 Å². The van der Waals surface area contributed by atoms with Crippen molar-refractivity contribution in [2.75, 3.05) is 19.8 Å². The quantitative estimate of drug-likeness (QED) is 0.429. The molecule has 4 nitrogen and oxygen atoms in total. The third-order valence-corrected chi connectivity index (χ3v) is 5.53. The van der Waals surface area contributed by atoms with Crippen LogP contribution < -0.4 is 10.5 Å². The molecule has 0 radical (unpaired) electrons. The second kappa shape index (κ2) is 11.9. The fourth-order valence-corrected chi connectivity index (χ4v) is 3.24. The largest absolute Gasteiger partial charge is 0.493 e. The van der Waals surface area contributed by atoms with Crippen molar-refractivity contribution in [2.45, 2.75) is 44.3 Å². The maximum atomic E-state index is 13.5. The average molecular weight is 482 g/mol. The standard InChI is InChI=1S/C22H27ClF3NO3.ClH/c1-15-17(4-2-6-19(15)23)5-3-11-30-20-8-7-16(12-18(20)22(24,25)26)9-10-21(27,13-28)14-29;/h2,4,6-8,12,28-29H,3,5,9-11,13-14,27H2,1H3;1H. The molecule has 2 rings (SSSR count).